The van der Waals surface area contributed by atoms with Crippen LogP contribution in [0.3, 0.4) is 0 Å². The summed E-state index contributed by atoms with van der Waals surface area (Å²) in [6.45, 7) is 3.31. The molecule has 1 N–H and O–H groups in total. The minimum absolute atomic E-state index is 0.108. The third-order valence-corrected chi connectivity index (χ3v) is 3.75. The molecule has 1 aromatic rings. The van der Waals surface area contributed by atoms with Crippen molar-refractivity contribution in [2.24, 2.45) is 0 Å². The van der Waals surface area contributed by atoms with Crippen LogP contribution in [-0.4, -0.2) is 46.7 Å². The van der Waals surface area contributed by atoms with Gasteiger partial charge in [-0.05, 0) is 20.7 Å². The van der Waals surface area contributed by atoms with Crippen molar-refractivity contribution in [1.82, 2.24) is 9.55 Å². The molecular formula is C14H18N2O7. The van der Waals surface area contributed by atoms with Gasteiger partial charge in [0.25, 0.3) is 5.56 Å². The number of hydrogen-bond acceptors (Lipinski definition) is 7. The summed E-state index contributed by atoms with van der Waals surface area (Å²) in [6.07, 6.45) is -2.93. The lowest BCUT2D eigenvalue weighted by atomic mass is 10.1. The van der Waals surface area contributed by atoms with E-state index in [9.17, 15) is 14.4 Å². The Bertz CT molecular complexity index is 771. The second-order valence-electron chi connectivity index (χ2n) is 5.82. The zero-order valence-corrected chi connectivity index (χ0v) is 12.9. The third kappa shape index (κ3) is 2.60. The summed E-state index contributed by atoms with van der Waals surface area (Å²) in [5, 5.41) is 0. The largest absolute Gasteiger partial charge is 0.464 e. The lowest BCUT2D eigenvalue weighted by Gasteiger charge is -2.24. The fourth-order valence-corrected chi connectivity index (χ4v) is 2.89. The topological polar surface area (TPSA) is 109 Å². The number of methoxy groups -OCH3 is 1. The predicted molar refractivity (Wildman–Crippen MR) is 76.1 cm³/mol. The van der Waals surface area contributed by atoms with E-state index in [1.54, 1.807) is 13.8 Å². The van der Waals surface area contributed by atoms with Crippen LogP contribution in [0, 0.1) is 0 Å². The Kier molecular flexibility index (Phi) is 3.36. The number of fused-ring (bicyclic) bond motifs is 1. The second kappa shape index (κ2) is 5.29. The molecule has 3 rings (SSSR count). The van der Waals surface area contributed by atoms with Crippen molar-refractivity contribution in [2.75, 3.05) is 7.11 Å². The molecule has 9 heteroatoms. The minimum Gasteiger partial charge on any atom is -0.464 e. The molecule has 0 aliphatic carbocycles. The van der Waals surface area contributed by atoms with Gasteiger partial charge in [-0.25, -0.2) is 9.59 Å². The van der Waals surface area contributed by atoms with Crippen molar-refractivity contribution < 1.29 is 25.1 Å². The number of carbonyl (C=O) groups excluding carboxylic acids is 1. The normalized spacial score (nSPS) is 32.4. The molecule has 1 aromatic heterocycles. The number of aromatic nitrogens is 2. The van der Waals surface area contributed by atoms with E-state index in [2.05, 4.69) is 9.72 Å². The second-order valence-corrected chi connectivity index (χ2v) is 5.82. The van der Waals surface area contributed by atoms with Crippen molar-refractivity contribution in [2.45, 2.75) is 51.1 Å². The van der Waals surface area contributed by atoms with E-state index >= 15 is 0 Å². The number of hydrogen-bond donors (Lipinski definition) is 1. The van der Waals surface area contributed by atoms with Crippen LogP contribution in [0.15, 0.2) is 15.7 Å². The SMILES string of the molecule is [3H]C[C@H]1O[C@@H](n2c(C(=O)OC)cc(=O)[nH]c2=O)C2OC(C)(C)O[C@H]21. The molecule has 2 fully saturated rings. The van der Waals surface area contributed by atoms with Crippen molar-refractivity contribution in [1.29, 1.82) is 0 Å². The van der Waals surface area contributed by atoms with Crippen LogP contribution < -0.4 is 11.2 Å². The monoisotopic (exact) mass is 328 g/mol. The number of aromatic amines is 1. The van der Waals surface area contributed by atoms with Gasteiger partial charge in [0, 0.05) is 7.44 Å². The molecule has 23 heavy (non-hydrogen) atoms. The summed E-state index contributed by atoms with van der Waals surface area (Å²) in [7, 11) is 1.14. The Morgan fingerprint density at radius 1 is 1.39 bits per heavy atom. The van der Waals surface area contributed by atoms with Crippen molar-refractivity contribution in [3.8, 4) is 0 Å². The summed E-state index contributed by atoms with van der Waals surface area (Å²) in [6, 6.07) is 0.959. The van der Waals surface area contributed by atoms with E-state index in [-0.39, 0.29) is 12.6 Å². The van der Waals surface area contributed by atoms with Crippen LogP contribution in [0.4, 0.5) is 0 Å². The van der Waals surface area contributed by atoms with Gasteiger partial charge in [0.1, 0.15) is 17.9 Å². The third-order valence-electron chi connectivity index (χ3n) is 3.75. The molecular weight excluding hydrogens is 308 g/mol. The molecule has 0 aromatic carbocycles. The Balaban J connectivity index is 2.10. The fraction of sp³-hybridized carbons (Fsp3) is 0.643. The van der Waals surface area contributed by atoms with Crippen LogP contribution in [0.1, 0.15) is 38.8 Å². The van der Waals surface area contributed by atoms with Gasteiger partial charge in [0.15, 0.2) is 12.0 Å². The molecule has 3 heterocycles. The molecule has 0 saturated carbocycles. The first-order valence-corrected chi connectivity index (χ1v) is 7.02. The maximum absolute atomic E-state index is 12.3. The highest BCUT2D eigenvalue weighted by Crippen LogP contribution is 2.42. The number of rotatable bonds is 2. The molecule has 1 unspecified atom stereocenters. The van der Waals surface area contributed by atoms with Crippen LogP contribution >= 0.6 is 0 Å². The van der Waals surface area contributed by atoms with Crippen LogP contribution in [-0.2, 0) is 18.9 Å². The molecule has 9 nitrogen and oxygen atoms in total. The first-order valence-electron chi connectivity index (χ1n) is 7.72. The standard InChI is InChI=1S/C14H18N2O7/c1-6-9-10(23-14(2,3)22-9)11(21-6)16-7(12(18)20-4)5-8(17)15-13(16)19/h5-6,9-11H,1-4H3,(H,15,17,19)/t6-,9+,10?,11-/m1/s1/i1T. The Hall–Kier alpha value is -1.97. The van der Waals surface area contributed by atoms with Gasteiger partial charge in [-0.2, -0.15) is 0 Å². The summed E-state index contributed by atoms with van der Waals surface area (Å²) < 4.78 is 30.5. The minimum atomic E-state index is -1.02. The lowest BCUT2D eigenvalue weighted by Crippen LogP contribution is -2.40. The number of nitrogens with zero attached hydrogens (tertiary/aromatic N) is 1. The molecule has 0 spiro atoms. The lowest BCUT2D eigenvalue weighted by molar-refractivity contribution is -0.195. The average Bonchev–Trinajstić information content (AvgIpc) is 2.99. The van der Waals surface area contributed by atoms with E-state index < -0.39 is 47.5 Å². The van der Waals surface area contributed by atoms with Crippen molar-refractivity contribution >= 4 is 5.97 Å². The molecule has 2 saturated heterocycles. The van der Waals surface area contributed by atoms with Crippen LogP contribution in [0.2, 0.25) is 0 Å². The number of nitrogens with one attached hydrogen (secondary N) is 1. The first kappa shape index (κ1) is 14.6. The van der Waals surface area contributed by atoms with Gasteiger partial charge in [-0.3, -0.25) is 14.3 Å². The van der Waals surface area contributed by atoms with Gasteiger partial charge >= 0.3 is 11.7 Å². The molecule has 2 aliphatic rings. The van der Waals surface area contributed by atoms with Gasteiger partial charge in [-0.15, -0.1) is 0 Å². The zero-order valence-electron chi connectivity index (χ0n) is 13.9. The quantitative estimate of drug-likeness (QED) is 0.746. The Morgan fingerprint density at radius 2 is 2.09 bits per heavy atom. The highest BCUT2D eigenvalue weighted by molar-refractivity contribution is 5.87. The molecule has 0 radical (unpaired) electrons. The summed E-state index contributed by atoms with van der Waals surface area (Å²) >= 11 is 0. The van der Waals surface area contributed by atoms with Crippen molar-refractivity contribution in [3.63, 3.8) is 0 Å². The number of esters is 1. The maximum atomic E-state index is 12.3. The summed E-state index contributed by atoms with van der Waals surface area (Å²) in [4.78, 5) is 37.9. The molecule has 4 atom stereocenters. The Labute approximate surface area is 132 Å². The number of ether oxygens (including phenoxy) is 4. The number of carbonyl (C=O) groups is 1. The number of H-pyrrole nitrogens is 1. The van der Waals surface area contributed by atoms with E-state index in [1.807, 2.05) is 0 Å². The van der Waals surface area contributed by atoms with Crippen LogP contribution in [0.5, 0.6) is 0 Å². The smallest absolute Gasteiger partial charge is 0.355 e. The van der Waals surface area contributed by atoms with Gasteiger partial charge < -0.3 is 18.9 Å². The van der Waals surface area contributed by atoms with E-state index in [4.69, 9.17) is 15.6 Å². The van der Waals surface area contributed by atoms with Crippen LogP contribution in [0.25, 0.3) is 0 Å². The zero-order chi connectivity index (χ0) is 17.6. The van der Waals surface area contributed by atoms with Gasteiger partial charge in [-0.1, -0.05) is 0 Å². The summed E-state index contributed by atoms with van der Waals surface area (Å²) in [5.74, 6) is -1.77. The fourth-order valence-electron chi connectivity index (χ4n) is 2.89. The maximum Gasteiger partial charge on any atom is 0.355 e. The highest BCUT2D eigenvalue weighted by atomic mass is 16.8. The van der Waals surface area contributed by atoms with Gasteiger partial charge in [0.05, 0.1) is 13.2 Å². The molecule has 2 aliphatic heterocycles. The van der Waals surface area contributed by atoms with Gasteiger partial charge in [0.2, 0.25) is 0 Å². The van der Waals surface area contributed by atoms with E-state index in [0.717, 1.165) is 17.7 Å². The summed E-state index contributed by atoms with van der Waals surface area (Å²) in [5.41, 5.74) is -1.81. The Morgan fingerprint density at radius 3 is 2.74 bits per heavy atom. The van der Waals surface area contributed by atoms with E-state index in [1.165, 1.54) is 0 Å². The molecule has 126 valence electrons. The highest BCUT2D eigenvalue weighted by Gasteiger charge is 2.55. The van der Waals surface area contributed by atoms with E-state index in [0.29, 0.717) is 0 Å². The first-order chi connectivity index (χ1) is 11.3. The molecule has 0 bridgehead atoms. The molecule has 0 amide bonds. The van der Waals surface area contributed by atoms with Crippen molar-refractivity contribution in [3.05, 3.63) is 32.6 Å². The average molecular weight is 328 g/mol. The predicted octanol–water partition coefficient (Wildman–Crippen LogP) is -0.239.